The van der Waals surface area contributed by atoms with Gasteiger partial charge in [-0.2, -0.15) is 4.99 Å². The molecule has 3 aromatic rings. The van der Waals surface area contributed by atoms with Crippen LogP contribution in [0, 0.1) is 0 Å². The lowest BCUT2D eigenvalue weighted by Crippen LogP contribution is -2.23. The van der Waals surface area contributed by atoms with Gasteiger partial charge in [0.2, 0.25) is 0 Å². The van der Waals surface area contributed by atoms with E-state index >= 15 is 0 Å². The number of thiazole rings is 1. The molecule has 0 aliphatic heterocycles. The molecule has 9 nitrogen and oxygen atoms in total. The largest absolute Gasteiger partial charge is 0.465 e. The van der Waals surface area contributed by atoms with Crippen LogP contribution in [0.5, 0.6) is 0 Å². The van der Waals surface area contributed by atoms with E-state index in [1.807, 2.05) is 0 Å². The number of aromatic nitrogens is 1. The zero-order valence-electron chi connectivity index (χ0n) is 17.5. The number of amides is 1. The van der Waals surface area contributed by atoms with E-state index in [0.29, 0.717) is 15.8 Å². The minimum Gasteiger partial charge on any atom is -0.465 e. The van der Waals surface area contributed by atoms with Crippen LogP contribution in [-0.2, 0) is 30.7 Å². The number of esters is 2. The maximum Gasteiger partial charge on any atom is 0.337 e. The summed E-state index contributed by atoms with van der Waals surface area (Å²) in [7, 11) is -2.12. The molecular formula is C21H20N2O7S2. The quantitative estimate of drug-likeness (QED) is 0.500. The van der Waals surface area contributed by atoms with Crippen molar-refractivity contribution in [3.63, 3.8) is 0 Å². The molecule has 0 aliphatic carbocycles. The Morgan fingerprint density at radius 3 is 2.31 bits per heavy atom. The van der Waals surface area contributed by atoms with Gasteiger partial charge < -0.3 is 14.0 Å². The minimum atomic E-state index is -3.39. The molecular weight excluding hydrogens is 456 g/mol. The number of sulfone groups is 1. The van der Waals surface area contributed by atoms with Crippen LogP contribution in [0.2, 0.25) is 0 Å². The molecule has 0 fully saturated rings. The molecule has 3 rings (SSSR count). The van der Waals surface area contributed by atoms with Crippen LogP contribution in [0.4, 0.5) is 0 Å². The number of hydrogen-bond acceptors (Lipinski definition) is 8. The highest BCUT2D eigenvalue weighted by Gasteiger charge is 2.16. The molecule has 32 heavy (non-hydrogen) atoms. The van der Waals surface area contributed by atoms with Crippen LogP contribution in [-0.4, -0.2) is 50.8 Å². The van der Waals surface area contributed by atoms with E-state index in [4.69, 9.17) is 9.47 Å². The second kappa shape index (κ2) is 9.45. The Labute approximate surface area is 187 Å². The monoisotopic (exact) mass is 476 g/mol. The summed E-state index contributed by atoms with van der Waals surface area (Å²) in [6.45, 7) is 1.71. The molecule has 0 saturated heterocycles. The molecule has 0 aliphatic rings. The molecule has 0 saturated carbocycles. The van der Waals surface area contributed by atoms with Gasteiger partial charge in [0, 0.05) is 11.8 Å². The topological polar surface area (TPSA) is 121 Å². The number of benzene rings is 2. The number of hydrogen-bond donors (Lipinski definition) is 0. The van der Waals surface area contributed by atoms with E-state index < -0.39 is 27.7 Å². The van der Waals surface area contributed by atoms with Crippen molar-refractivity contribution in [1.82, 2.24) is 4.57 Å². The first-order valence-electron chi connectivity index (χ1n) is 9.40. The van der Waals surface area contributed by atoms with Gasteiger partial charge in [-0.25, -0.2) is 13.2 Å². The van der Waals surface area contributed by atoms with Crippen LogP contribution in [0.1, 0.15) is 27.6 Å². The summed E-state index contributed by atoms with van der Waals surface area (Å²) in [6, 6.07) is 10.2. The lowest BCUT2D eigenvalue weighted by atomic mass is 10.2. The molecule has 1 heterocycles. The van der Waals surface area contributed by atoms with Crippen LogP contribution < -0.4 is 4.80 Å². The molecule has 1 aromatic heterocycles. The highest BCUT2D eigenvalue weighted by atomic mass is 32.2. The summed E-state index contributed by atoms with van der Waals surface area (Å²) in [6.07, 6.45) is 1.08. The molecule has 168 valence electrons. The number of nitrogens with zero attached hydrogens (tertiary/aromatic N) is 2. The van der Waals surface area contributed by atoms with E-state index in [2.05, 4.69) is 4.99 Å². The lowest BCUT2D eigenvalue weighted by Gasteiger charge is -2.05. The van der Waals surface area contributed by atoms with E-state index in [-0.39, 0.29) is 28.4 Å². The Bertz CT molecular complexity index is 1370. The molecule has 11 heteroatoms. The van der Waals surface area contributed by atoms with Crippen molar-refractivity contribution in [3.05, 3.63) is 58.4 Å². The number of ether oxygens (including phenoxy) is 2. The van der Waals surface area contributed by atoms with Gasteiger partial charge in [0.05, 0.1) is 34.4 Å². The highest BCUT2D eigenvalue weighted by Crippen LogP contribution is 2.20. The first-order valence-corrected chi connectivity index (χ1v) is 12.1. The summed E-state index contributed by atoms with van der Waals surface area (Å²) in [5, 5.41) is 0. The zero-order valence-corrected chi connectivity index (χ0v) is 19.2. The van der Waals surface area contributed by atoms with Gasteiger partial charge in [-0.1, -0.05) is 11.3 Å². The molecule has 0 unspecified atom stereocenters. The maximum atomic E-state index is 12.7. The number of fused-ring (bicyclic) bond motifs is 1. The van der Waals surface area contributed by atoms with Gasteiger partial charge in [0.1, 0.15) is 6.54 Å². The molecule has 0 spiro atoms. The van der Waals surface area contributed by atoms with E-state index in [9.17, 15) is 22.8 Å². The maximum absolute atomic E-state index is 12.7. The fourth-order valence-electron chi connectivity index (χ4n) is 2.89. The third-order valence-electron chi connectivity index (χ3n) is 4.42. The minimum absolute atomic E-state index is 0.0867. The number of rotatable bonds is 6. The first-order chi connectivity index (χ1) is 15.1. The average Bonchev–Trinajstić information content (AvgIpc) is 3.08. The molecule has 2 aromatic carbocycles. The number of carbonyl (C=O) groups is 3. The van der Waals surface area contributed by atoms with Crippen molar-refractivity contribution in [2.75, 3.05) is 20.0 Å². The van der Waals surface area contributed by atoms with E-state index in [0.717, 1.165) is 17.6 Å². The van der Waals surface area contributed by atoms with Gasteiger partial charge in [-0.05, 0) is 49.4 Å². The second-order valence-corrected chi connectivity index (χ2v) is 9.69. The van der Waals surface area contributed by atoms with Crippen molar-refractivity contribution in [1.29, 1.82) is 0 Å². The zero-order chi connectivity index (χ0) is 23.5. The summed E-state index contributed by atoms with van der Waals surface area (Å²) in [5.41, 5.74) is 1.10. The van der Waals surface area contributed by atoms with Crippen molar-refractivity contribution in [2.45, 2.75) is 18.4 Å². The summed E-state index contributed by atoms with van der Waals surface area (Å²) in [5.74, 6) is -1.63. The van der Waals surface area contributed by atoms with Gasteiger partial charge in [0.15, 0.2) is 14.6 Å². The van der Waals surface area contributed by atoms with E-state index in [1.165, 1.54) is 35.9 Å². The Hall–Kier alpha value is -3.31. The fraction of sp³-hybridized carbons (Fsp3) is 0.238. The smallest absolute Gasteiger partial charge is 0.337 e. The predicted octanol–water partition coefficient (Wildman–Crippen LogP) is 2.20. The Morgan fingerprint density at radius 2 is 1.72 bits per heavy atom. The second-order valence-electron chi connectivity index (χ2n) is 6.66. The standard InChI is InChI=1S/C21H20N2O7S2/c1-4-30-18(24)12-23-16-10-7-14(20(26)29-2)11-17(16)31-21(23)22-19(25)13-5-8-15(9-6-13)32(3,27)28/h5-11H,4,12H2,1-3H3. The molecule has 0 atom stereocenters. The Kier molecular flexibility index (Phi) is 6.90. The molecule has 1 amide bonds. The van der Waals surface area contributed by atoms with Crippen LogP contribution in [0.25, 0.3) is 10.2 Å². The van der Waals surface area contributed by atoms with Crippen molar-refractivity contribution in [3.8, 4) is 0 Å². The van der Waals surface area contributed by atoms with Crippen molar-refractivity contribution < 1.29 is 32.3 Å². The molecule has 0 radical (unpaired) electrons. The average molecular weight is 477 g/mol. The normalized spacial score (nSPS) is 12.0. The van der Waals surface area contributed by atoms with Gasteiger partial charge in [-0.3, -0.25) is 9.59 Å². The lowest BCUT2D eigenvalue weighted by molar-refractivity contribution is -0.143. The predicted molar refractivity (Wildman–Crippen MR) is 117 cm³/mol. The van der Waals surface area contributed by atoms with E-state index in [1.54, 1.807) is 25.1 Å². The number of methoxy groups -OCH3 is 1. The van der Waals surface area contributed by atoms with Crippen LogP contribution in [0.3, 0.4) is 0 Å². The summed E-state index contributed by atoms with van der Waals surface area (Å²) in [4.78, 5) is 41.1. The Balaban J connectivity index is 2.09. The van der Waals surface area contributed by atoms with Crippen LogP contribution >= 0.6 is 11.3 Å². The SMILES string of the molecule is CCOC(=O)Cn1c(=NC(=O)c2ccc(S(C)(=O)=O)cc2)sc2cc(C(=O)OC)ccc21. The highest BCUT2D eigenvalue weighted by molar-refractivity contribution is 7.90. The molecule has 0 bridgehead atoms. The van der Waals surface area contributed by atoms with Gasteiger partial charge in [0.25, 0.3) is 5.91 Å². The fourth-order valence-corrected chi connectivity index (χ4v) is 4.59. The number of carbonyl (C=O) groups excluding carboxylic acids is 3. The van der Waals surface area contributed by atoms with Gasteiger partial charge >= 0.3 is 11.9 Å². The Morgan fingerprint density at radius 1 is 1.06 bits per heavy atom. The molecule has 0 N–H and O–H groups in total. The first kappa shape index (κ1) is 23.4. The third kappa shape index (κ3) is 5.11. The summed E-state index contributed by atoms with van der Waals surface area (Å²) < 4.78 is 35.1. The summed E-state index contributed by atoms with van der Waals surface area (Å²) >= 11 is 1.12. The van der Waals surface area contributed by atoms with Crippen molar-refractivity contribution in [2.24, 2.45) is 4.99 Å². The van der Waals surface area contributed by atoms with Crippen molar-refractivity contribution >= 4 is 49.2 Å². The van der Waals surface area contributed by atoms with Gasteiger partial charge in [-0.15, -0.1) is 0 Å². The van der Waals surface area contributed by atoms with Crippen LogP contribution in [0.15, 0.2) is 52.4 Å². The third-order valence-corrected chi connectivity index (χ3v) is 6.59.